The summed E-state index contributed by atoms with van der Waals surface area (Å²) in [5.41, 5.74) is 6.06. The minimum absolute atomic E-state index is 0.0545. The molecule has 1 aliphatic heterocycles. The molecule has 186 valence electrons. The summed E-state index contributed by atoms with van der Waals surface area (Å²) in [7, 11) is 0. The molecule has 3 aromatic rings. The molecule has 0 amide bonds. The molecule has 0 atom stereocenters. The molecule has 0 radical (unpaired) electrons. The van der Waals surface area contributed by atoms with Gasteiger partial charge in [-0.25, -0.2) is 0 Å². The summed E-state index contributed by atoms with van der Waals surface area (Å²) < 4.78 is 5.48. The number of nitrogens with one attached hydrogen (secondary N) is 2. The molecule has 0 saturated carbocycles. The minimum atomic E-state index is -0.0545. The molecule has 1 aliphatic rings. The molecule has 0 spiro atoms. The summed E-state index contributed by atoms with van der Waals surface area (Å²) in [4.78, 5) is 20.7. The van der Waals surface area contributed by atoms with Crippen molar-refractivity contribution < 1.29 is 4.74 Å². The van der Waals surface area contributed by atoms with Crippen LogP contribution in [-0.2, 0) is 17.7 Å². The molecule has 4 rings (SSSR count). The lowest BCUT2D eigenvalue weighted by Crippen LogP contribution is -2.40. The van der Waals surface area contributed by atoms with Gasteiger partial charge in [0.25, 0.3) is 5.56 Å². The Bertz CT molecular complexity index is 1230. The average molecular weight is 493 g/mol. The zero-order chi connectivity index (χ0) is 24.8. The number of nitrogens with zero attached hydrogens (tertiary/aromatic N) is 2. The van der Waals surface area contributed by atoms with Crippen molar-refractivity contribution in [1.82, 2.24) is 14.8 Å². The van der Waals surface area contributed by atoms with E-state index in [2.05, 4.69) is 58.2 Å². The Morgan fingerprint density at radius 2 is 1.86 bits per heavy atom. The second-order valence-electron chi connectivity index (χ2n) is 9.28. The van der Waals surface area contributed by atoms with Gasteiger partial charge in [-0.3, -0.25) is 9.69 Å². The van der Waals surface area contributed by atoms with Crippen molar-refractivity contribution in [3.8, 4) is 0 Å². The van der Waals surface area contributed by atoms with Gasteiger partial charge in [0.1, 0.15) is 0 Å². The van der Waals surface area contributed by atoms with Crippen LogP contribution in [0.3, 0.4) is 0 Å². The molecule has 0 bridgehead atoms. The van der Waals surface area contributed by atoms with Crippen LogP contribution in [-0.4, -0.2) is 59.3 Å². The van der Waals surface area contributed by atoms with Crippen molar-refractivity contribution in [2.24, 2.45) is 0 Å². The Labute approximate surface area is 213 Å². The third-order valence-electron chi connectivity index (χ3n) is 6.81. The molecule has 0 unspecified atom stereocenters. The van der Waals surface area contributed by atoms with Crippen LogP contribution >= 0.6 is 12.2 Å². The van der Waals surface area contributed by atoms with Gasteiger partial charge in [-0.2, -0.15) is 0 Å². The van der Waals surface area contributed by atoms with Gasteiger partial charge < -0.3 is 19.9 Å². The summed E-state index contributed by atoms with van der Waals surface area (Å²) in [5, 5.41) is 5.19. The van der Waals surface area contributed by atoms with Crippen molar-refractivity contribution in [2.75, 3.05) is 44.7 Å². The maximum atomic E-state index is 13.1. The van der Waals surface area contributed by atoms with E-state index in [1.165, 1.54) is 5.56 Å². The number of anilines is 1. The summed E-state index contributed by atoms with van der Waals surface area (Å²) in [5.74, 6) is 0. The second-order valence-corrected chi connectivity index (χ2v) is 9.67. The topological polar surface area (TPSA) is 60.6 Å². The number of rotatable bonds is 8. The number of ether oxygens (including phenoxy) is 1. The van der Waals surface area contributed by atoms with Crippen LogP contribution in [0.1, 0.15) is 35.6 Å². The first-order valence-electron chi connectivity index (χ1n) is 12.5. The van der Waals surface area contributed by atoms with Crippen LogP contribution < -0.4 is 10.9 Å². The smallest absolute Gasteiger partial charge is 0.253 e. The number of thiocarbonyl (C=S) groups is 1. The zero-order valence-electron chi connectivity index (χ0n) is 21.0. The summed E-state index contributed by atoms with van der Waals surface area (Å²) in [6, 6.07) is 14.4. The van der Waals surface area contributed by atoms with E-state index < -0.39 is 0 Å². The normalized spacial score (nSPS) is 14.3. The van der Waals surface area contributed by atoms with Gasteiger partial charge in [0.15, 0.2) is 5.11 Å². The number of pyridine rings is 1. The van der Waals surface area contributed by atoms with Crippen LogP contribution in [0.25, 0.3) is 10.9 Å². The monoisotopic (exact) mass is 492 g/mol. The van der Waals surface area contributed by atoms with Crippen LogP contribution in [0, 0.1) is 13.8 Å². The van der Waals surface area contributed by atoms with Gasteiger partial charge in [0.05, 0.1) is 25.3 Å². The van der Waals surface area contributed by atoms with Crippen LogP contribution in [0.15, 0.2) is 47.3 Å². The Kier molecular flexibility index (Phi) is 8.55. The van der Waals surface area contributed by atoms with E-state index in [4.69, 9.17) is 17.0 Å². The third-order valence-corrected chi connectivity index (χ3v) is 7.18. The highest BCUT2D eigenvalue weighted by atomic mass is 32.1. The number of hydrogen-bond acceptors (Lipinski definition) is 4. The number of aromatic nitrogens is 1. The van der Waals surface area contributed by atoms with Gasteiger partial charge in [-0.15, -0.1) is 0 Å². The number of para-hydroxylation sites is 1. The Morgan fingerprint density at radius 1 is 1.11 bits per heavy atom. The fourth-order valence-electron chi connectivity index (χ4n) is 4.65. The lowest BCUT2D eigenvalue weighted by molar-refractivity contribution is 0.0367. The predicted molar refractivity (Wildman–Crippen MR) is 148 cm³/mol. The molecule has 35 heavy (non-hydrogen) atoms. The fourth-order valence-corrected chi connectivity index (χ4v) is 4.91. The number of benzene rings is 2. The van der Waals surface area contributed by atoms with Crippen LogP contribution in [0.5, 0.6) is 0 Å². The maximum Gasteiger partial charge on any atom is 0.253 e. The molecule has 2 N–H and O–H groups in total. The van der Waals surface area contributed by atoms with E-state index in [1.807, 2.05) is 25.1 Å². The summed E-state index contributed by atoms with van der Waals surface area (Å²) in [6.45, 7) is 12.0. The maximum absolute atomic E-state index is 13.1. The quantitative estimate of drug-likeness (QED) is 0.447. The van der Waals surface area contributed by atoms with Gasteiger partial charge in [-0.1, -0.05) is 37.3 Å². The molecule has 6 nitrogen and oxygen atoms in total. The van der Waals surface area contributed by atoms with Crippen molar-refractivity contribution in [3.05, 3.63) is 75.1 Å². The third kappa shape index (κ3) is 6.28. The minimum Gasteiger partial charge on any atom is -0.379 e. The van der Waals surface area contributed by atoms with E-state index in [0.717, 1.165) is 85.5 Å². The summed E-state index contributed by atoms with van der Waals surface area (Å²) in [6.07, 6.45) is 1.88. The zero-order valence-corrected chi connectivity index (χ0v) is 21.8. The van der Waals surface area contributed by atoms with E-state index in [0.29, 0.717) is 11.7 Å². The number of fused-ring (bicyclic) bond motifs is 1. The first-order valence-corrected chi connectivity index (χ1v) is 12.9. The predicted octanol–water partition coefficient (Wildman–Crippen LogP) is 4.63. The average Bonchev–Trinajstić information content (AvgIpc) is 2.87. The van der Waals surface area contributed by atoms with Gasteiger partial charge in [0.2, 0.25) is 0 Å². The SMILES string of the molecule is CCc1ccccc1NC(=S)N(CCCN1CCOCC1)Cc1cc2c(C)ccc(C)c2[nH]c1=O. The van der Waals surface area contributed by atoms with E-state index in [9.17, 15) is 4.79 Å². The molecule has 1 fully saturated rings. The number of aromatic amines is 1. The molecule has 1 aromatic heterocycles. The Balaban J connectivity index is 1.56. The first kappa shape index (κ1) is 25.4. The molecule has 2 aromatic carbocycles. The fraction of sp³-hybridized carbons (Fsp3) is 0.429. The summed E-state index contributed by atoms with van der Waals surface area (Å²) >= 11 is 5.89. The van der Waals surface area contributed by atoms with Crippen molar-refractivity contribution in [2.45, 2.75) is 40.2 Å². The molecule has 7 heteroatoms. The highest BCUT2D eigenvalue weighted by molar-refractivity contribution is 7.80. The molecular formula is C28H36N4O2S. The van der Waals surface area contributed by atoms with E-state index in [1.54, 1.807) is 0 Å². The number of hydrogen-bond donors (Lipinski definition) is 2. The molecule has 1 saturated heterocycles. The van der Waals surface area contributed by atoms with Crippen molar-refractivity contribution in [1.29, 1.82) is 0 Å². The first-order chi connectivity index (χ1) is 17.0. The molecule has 0 aliphatic carbocycles. The van der Waals surface area contributed by atoms with Crippen molar-refractivity contribution in [3.63, 3.8) is 0 Å². The van der Waals surface area contributed by atoms with Crippen LogP contribution in [0.4, 0.5) is 5.69 Å². The van der Waals surface area contributed by atoms with E-state index in [-0.39, 0.29) is 5.56 Å². The number of morpholine rings is 1. The molecular weight excluding hydrogens is 456 g/mol. The van der Waals surface area contributed by atoms with Gasteiger partial charge in [-0.05, 0) is 67.7 Å². The standard InChI is InChI=1S/C28H36N4O2S/c1-4-22-8-5-6-9-25(22)29-28(35)32(13-7-12-31-14-16-34-17-15-31)19-23-18-24-20(2)10-11-21(3)26(24)30-27(23)33/h5-6,8-11,18H,4,7,12-17,19H2,1-3H3,(H,29,35)(H,30,33). The second kappa shape index (κ2) is 11.8. The van der Waals surface area contributed by atoms with Crippen molar-refractivity contribution >= 4 is 33.9 Å². The van der Waals surface area contributed by atoms with Crippen LogP contribution in [0.2, 0.25) is 0 Å². The number of aryl methyl sites for hydroxylation is 3. The Morgan fingerprint density at radius 3 is 2.63 bits per heavy atom. The van der Waals surface area contributed by atoms with Gasteiger partial charge >= 0.3 is 0 Å². The highest BCUT2D eigenvalue weighted by Crippen LogP contribution is 2.21. The lowest BCUT2D eigenvalue weighted by Gasteiger charge is -2.30. The Hall–Kier alpha value is -2.74. The van der Waals surface area contributed by atoms with E-state index >= 15 is 0 Å². The highest BCUT2D eigenvalue weighted by Gasteiger charge is 2.17. The number of H-pyrrole nitrogens is 1. The largest absolute Gasteiger partial charge is 0.379 e. The van der Waals surface area contributed by atoms with Gasteiger partial charge in [0, 0.05) is 42.8 Å². The molecule has 2 heterocycles. The lowest BCUT2D eigenvalue weighted by atomic mass is 10.0.